The summed E-state index contributed by atoms with van der Waals surface area (Å²) in [7, 11) is 1.57. The van der Waals surface area contributed by atoms with Crippen molar-refractivity contribution < 1.29 is 23.8 Å². The molecule has 5 nitrogen and oxygen atoms in total. The summed E-state index contributed by atoms with van der Waals surface area (Å²) < 4.78 is 17.5. The molecule has 0 aliphatic carbocycles. The van der Waals surface area contributed by atoms with Crippen molar-refractivity contribution in [1.82, 2.24) is 0 Å². The fourth-order valence-electron chi connectivity index (χ4n) is 3.43. The number of ketones is 1. The van der Waals surface area contributed by atoms with Gasteiger partial charge in [0.2, 0.25) is 5.78 Å². The lowest BCUT2D eigenvalue weighted by Crippen LogP contribution is -2.11. The van der Waals surface area contributed by atoms with E-state index in [0.717, 1.165) is 10.0 Å². The molecule has 0 aromatic heterocycles. The van der Waals surface area contributed by atoms with Gasteiger partial charge < -0.3 is 14.2 Å². The van der Waals surface area contributed by atoms with E-state index < -0.39 is 0 Å². The Morgan fingerprint density at radius 3 is 2.61 bits per heavy atom. The molecular formula is C25H19BrO5. The van der Waals surface area contributed by atoms with Crippen LogP contribution >= 0.6 is 15.9 Å². The van der Waals surface area contributed by atoms with Gasteiger partial charge in [-0.15, -0.1) is 0 Å². The normalized spacial score (nSPS) is 13.6. The van der Waals surface area contributed by atoms with Gasteiger partial charge in [-0.1, -0.05) is 46.3 Å². The fourth-order valence-corrected chi connectivity index (χ4v) is 3.80. The second kappa shape index (κ2) is 8.78. The Labute approximate surface area is 188 Å². The SMILES string of the molecule is COc1ccc(Br)cc1/C=C1\Oc2cc(OC(=O)Cc3ccccc3)cc(C)c2C1=O. The highest BCUT2D eigenvalue weighted by Gasteiger charge is 2.30. The Morgan fingerprint density at radius 1 is 1.10 bits per heavy atom. The summed E-state index contributed by atoms with van der Waals surface area (Å²) >= 11 is 3.43. The molecule has 0 N–H and O–H groups in total. The topological polar surface area (TPSA) is 61.8 Å². The zero-order valence-corrected chi connectivity index (χ0v) is 18.6. The molecule has 3 aromatic rings. The average Bonchev–Trinajstić information content (AvgIpc) is 3.04. The molecule has 0 bridgehead atoms. The van der Waals surface area contributed by atoms with Crippen LogP contribution in [-0.2, 0) is 11.2 Å². The van der Waals surface area contributed by atoms with Crippen LogP contribution < -0.4 is 14.2 Å². The van der Waals surface area contributed by atoms with Gasteiger partial charge in [0.1, 0.15) is 17.2 Å². The Kier molecular flexibility index (Phi) is 5.91. The maximum absolute atomic E-state index is 12.9. The molecule has 0 saturated carbocycles. The van der Waals surface area contributed by atoms with Gasteiger partial charge in [-0.3, -0.25) is 9.59 Å². The highest BCUT2D eigenvalue weighted by molar-refractivity contribution is 9.10. The zero-order valence-electron chi connectivity index (χ0n) is 17.0. The summed E-state index contributed by atoms with van der Waals surface area (Å²) in [6.45, 7) is 1.79. The number of methoxy groups -OCH3 is 1. The number of rotatable bonds is 5. The Hall–Kier alpha value is -3.38. The number of esters is 1. The molecular weight excluding hydrogens is 460 g/mol. The van der Waals surface area contributed by atoms with Crippen molar-refractivity contribution in [1.29, 1.82) is 0 Å². The number of halogens is 1. The minimum absolute atomic E-state index is 0.157. The second-order valence-electron chi connectivity index (χ2n) is 7.08. The van der Waals surface area contributed by atoms with E-state index in [1.54, 1.807) is 38.3 Å². The van der Waals surface area contributed by atoms with Crippen LogP contribution in [0.25, 0.3) is 6.08 Å². The van der Waals surface area contributed by atoms with Gasteiger partial charge in [0.25, 0.3) is 0 Å². The average molecular weight is 479 g/mol. The van der Waals surface area contributed by atoms with E-state index in [0.29, 0.717) is 33.9 Å². The van der Waals surface area contributed by atoms with Crippen LogP contribution in [0.5, 0.6) is 17.2 Å². The summed E-state index contributed by atoms with van der Waals surface area (Å²) in [5.41, 5.74) is 2.71. The Balaban J connectivity index is 1.58. The van der Waals surface area contributed by atoms with E-state index in [9.17, 15) is 9.59 Å². The fraction of sp³-hybridized carbons (Fsp3) is 0.120. The Bertz CT molecular complexity index is 1200. The summed E-state index contributed by atoms with van der Waals surface area (Å²) in [6.07, 6.45) is 1.80. The minimum Gasteiger partial charge on any atom is -0.496 e. The van der Waals surface area contributed by atoms with Gasteiger partial charge in [0, 0.05) is 16.1 Å². The van der Waals surface area contributed by atoms with Crippen LogP contribution in [-0.4, -0.2) is 18.9 Å². The van der Waals surface area contributed by atoms with Crippen molar-refractivity contribution >= 4 is 33.8 Å². The first-order chi connectivity index (χ1) is 14.9. The third kappa shape index (κ3) is 4.54. The second-order valence-corrected chi connectivity index (χ2v) is 7.99. The molecule has 0 fully saturated rings. The highest BCUT2D eigenvalue weighted by Crippen LogP contribution is 2.38. The van der Waals surface area contributed by atoms with Crippen LogP contribution in [0.2, 0.25) is 0 Å². The van der Waals surface area contributed by atoms with E-state index in [1.807, 2.05) is 42.5 Å². The third-order valence-corrected chi connectivity index (χ3v) is 5.34. The number of hydrogen-bond donors (Lipinski definition) is 0. The van der Waals surface area contributed by atoms with E-state index in [2.05, 4.69) is 15.9 Å². The number of fused-ring (bicyclic) bond motifs is 1. The molecule has 31 heavy (non-hydrogen) atoms. The largest absolute Gasteiger partial charge is 0.496 e. The first kappa shape index (κ1) is 20.9. The number of Topliss-reactive ketones (excluding diaryl/α,β-unsaturated/α-hetero) is 1. The monoisotopic (exact) mass is 478 g/mol. The van der Waals surface area contributed by atoms with Gasteiger partial charge >= 0.3 is 5.97 Å². The van der Waals surface area contributed by atoms with Gasteiger partial charge in [0.15, 0.2) is 5.76 Å². The maximum atomic E-state index is 12.9. The first-order valence-corrected chi connectivity index (χ1v) is 10.4. The molecule has 4 rings (SSSR count). The van der Waals surface area contributed by atoms with Crippen LogP contribution in [0.4, 0.5) is 0 Å². The number of allylic oxidation sites excluding steroid dienone is 1. The van der Waals surface area contributed by atoms with Gasteiger partial charge in [0.05, 0.1) is 19.1 Å². The highest BCUT2D eigenvalue weighted by atomic mass is 79.9. The van der Waals surface area contributed by atoms with E-state index >= 15 is 0 Å². The minimum atomic E-state index is -0.385. The van der Waals surface area contributed by atoms with Gasteiger partial charge in [-0.05, 0) is 48.4 Å². The molecule has 3 aromatic carbocycles. The van der Waals surface area contributed by atoms with Crippen LogP contribution in [0.1, 0.15) is 27.0 Å². The maximum Gasteiger partial charge on any atom is 0.315 e. The molecule has 0 radical (unpaired) electrons. The van der Waals surface area contributed by atoms with Crippen molar-refractivity contribution in [3.8, 4) is 17.2 Å². The van der Waals surface area contributed by atoms with Crippen molar-refractivity contribution in [3.63, 3.8) is 0 Å². The van der Waals surface area contributed by atoms with E-state index in [1.165, 1.54) is 0 Å². The number of aryl methyl sites for hydroxylation is 1. The van der Waals surface area contributed by atoms with E-state index in [4.69, 9.17) is 14.2 Å². The number of hydrogen-bond acceptors (Lipinski definition) is 5. The molecule has 0 spiro atoms. The number of benzene rings is 3. The number of carbonyl (C=O) groups excluding carboxylic acids is 2. The summed E-state index contributed by atoms with van der Waals surface area (Å²) in [5.74, 6) is 0.901. The van der Waals surface area contributed by atoms with Crippen LogP contribution in [0.15, 0.2) is 70.9 Å². The molecule has 1 aliphatic rings. The summed E-state index contributed by atoms with van der Waals surface area (Å²) in [5, 5.41) is 0. The first-order valence-electron chi connectivity index (χ1n) is 9.61. The molecule has 0 amide bonds. The lowest BCUT2D eigenvalue weighted by Gasteiger charge is -2.08. The lowest BCUT2D eigenvalue weighted by molar-refractivity contribution is -0.133. The molecule has 156 valence electrons. The molecule has 0 atom stereocenters. The molecule has 6 heteroatoms. The molecule has 1 heterocycles. The van der Waals surface area contributed by atoms with Crippen molar-refractivity contribution in [2.45, 2.75) is 13.3 Å². The predicted molar refractivity (Wildman–Crippen MR) is 121 cm³/mol. The molecule has 1 aliphatic heterocycles. The molecule has 0 unspecified atom stereocenters. The third-order valence-electron chi connectivity index (χ3n) is 4.84. The predicted octanol–water partition coefficient (Wildman–Crippen LogP) is 5.53. The summed E-state index contributed by atoms with van der Waals surface area (Å²) in [6, 6.07) is 18.1. The molecule has 0 saturated heterocycles. The van der Waals surface area contributed by atoms with Crippen LogP contribution in [0.3, 0.4) is 0 Å². The Morgan fingerprint density at radius 2 is 1.87 bits per heavy atom. The van der Waals surface area contributed by atoms with Gasteiger partial charge in [-0.2, -0.15) is 0 Å². The smallest absolute Gasteiger partial charge is 0.315 e. The van der Waals surface area contributed by atoms with Crippen LogP contribution in [0, 0.1) is 6.92 Å². The standard InChI is InChI=1S/C25H19BrO5/c1-15-10-19(30-23(27)11-16-6-4-3-5-7-16)14-21-24(15)25(28)22(31-21)13-17-12-18(26)8-9-20(17)29-2/h3-10,12-14H,11H2,1-2H3/b22-13-. The lowest BCUT2D eigenvalue weighted by atomic mass is 10.0. The van der Waals surface area contributed by atoms with Crippen molar-refractivity contribution in [2.75, 3.05) is 7.11 Å². The quantitative estimate of drug-likeness (QED) is 0.274. The number of carbonyl (C=O) groups is 2. The van der Waals surface area contributed by atoms with Crippen molar-refractivity contribution in [3.05, 3.63) is 93.1 Å². The van der Waals surface area contributed by atoms with E-state index in [-0.39, 0.29) is 23.9 Å². The van der Waals surface area contributed by atoms with Gasteiger partial charge in [-0.25, -0.2) is 0 Å². The summed E-state index contributed by atoms with van der Waals surface area (Å²) in [4.78, 5) is 25.2. The number of ether oxygens (including phenoxy) is 3. The van der Waals surface area contributed by atoms with Crippen molar-refractivity contribution in [2.24, 2.45) is 0 Å². The zero-order chi connectivity index (χ0) is 22.0.